The average Bonchev–Trinajstić information content (AvgIpc) is 2.21. The first-order valence-electron chi connectivity index (χ1n) is 5.72. The van der Waals surface area contributed by atoms with Crippen LogP contribution in [0.1, 0.15) is 26.3 Å². The van der Waals surface area contributed by atoms with Crippen LogP contribution in [0, 0.1) is 0 Å². The van der Waals surface area contributed by atoms with E-state index in [1.807, 2.05) is 26.8 Å². The predicted octanol–water partition coefficient (Wildman–Crippen LogP) is 3.03. The van der Waals surface area contributed by atoms with E-state index in [0.29, 0.717) is 16.5 Å². The monoisotopic (exact) mass is 257 g/mol. The van der Waals surface area contributed by atoms with Crippen LogP contribution in [0.3, 0.4) is 0 Å². The van der Waals surface area contributed by atoms with Crippen molar-refractivity contribution in [3.63, 3.8) is 0 Å². The number of methoxy groups -OCH3 is 1. The molecule has 0 aliphatic rings. The summed E-state index contributed by atoms with van der Waals surface area (Å²) >= 11 is 6.17. The van der Waals surface area contributed by atoms with Crippen LogP contribution in [0.15, 0.2) is 12.1 Å². The Balaban J connectivity index is 3.08. The number of halogens is 1. The molecule has 0 saturated carbocycles. The van der Waals surface area contributed by atoms with E-state index in [9.17, 15) is 0 Å². The van der Waals surface area contributed by atoms with Crippen LogP contribution in [0.5, 0.6) is 11.5 Å². The Hall–Kier alpha value is -0.930. The number of hydrogen-bond donors (Lipinski definition) is 1. The van der Waals surface area contributed by atoms with Crippen molar-refractivity contribution in [3.8, 4) is 11.5 Å². The lowest BCUT2D eigenvalue weighted by Crippen LogP contribution is -2.18. The molecule has 1 unspecified atom stereocenters. The van der Waals surface area contributed by atoms with Crippen molar-refractivity contribution in [1.82, 2.24) is 0 Å². The maximum Gasteiger partial charge on any atom is 0.162 e. The smallest absolute Gasteiger partial charge is 0.162 e. The quantitative estimate of drug-likeness (QED) is 0.882. The maximum atomic E-state index is 6.17. The van der Waals surface area contributed by atoms with Crippen molar-refractivity contribution in [2.24, 2.45) is 5.73 Å². The van der Waals surface area contributed by atoms with Gasteiger partial charge in [-0.05, 0) is 38.8 Å². The van der Waals surface area contributed by atoms with Crippen molar-refractivity contribution in [3.05, 3.63) is 22.7 Å². The van der Waals surface area contributed by atoms with E-state index in [1.165, 1.54) is 0 Å². The molecule has 0 fully saturated rings. The van der Waals surface area contributed by atoms with Crippen LogP contribution in [-0.2, 0) is 6.42 Å². The first kappa shape index (κ1) is 14.1. The van der Waals surface area contributed by atoms with Crippen LogP contribution in [0.2, 0.25) is 5.02 Å². The van der Waals surface area contributed by atoms with Gasteiger partial charge in [-0.15, -0.1) is 0 Å². The summed E-state index contributed by atoms with van der Waals surface area (Å²) in [5.41, 5.74) is 6.77. The van der Waals surface area contributed by atoms with Gasteiger partial charge in [0.25, 0.3) is 0 Å². The molecule has 0 radical (unpaired) electrons. The highest BCUT2D eigenvalue weighted by molar-refractivity contribution is 6.31. The minimum absolute atomic E-state index is 0.0628. The van der Waals surface area contributed by atoms with Crippen molar-refractivity contribution in [1.29, 1.82) is 0 Å². The van der Waals surface area contributed by atoms with Gasteiger partial charge in [0.2, 0.25) is 0 Å². The normalized spacial score (nSPS) is 12.6. The largest absolute Gasteiger partial charge is 0.493 e. The molecule has 0 bridgehead atoms. The first-order chi connectivity index (χ1) is 7.93. The Morgan fingerprint density at radius 3 is 2.35 bits per heavy atom. The molecule has 0 aliphatic heterocycles. The van der Waals surface area contributed by atoms with Crippen LogP contribution in [-0.4, -0.2) is 19.3 Å². The molecule has 1 aromatic rings. The third kappa shape index (κ3) is 4.10. The van der Waals surface area contributed by atoms with Gasteiger partial charge in [0.1, 0.15) is 0 Å². The molecule has 0 spiro atoms. The SMILES string of the molecule is COc1cc(Cl)c(CC(C)N)cc1OC(C)C. The van der Waals surface area contributed by atoms with Gasteiger partial charge >= 0.3 is 0 Å². The highest BCUT2D eigenvalue weighted by Gasteiger charge is 2.12. The lowest BCUT2D eigenvalue weighted by atomic mass is 10.1. The van der Waals surface area contributed by atoms with E-state index < -0.39 is 0 Å². The van der Waals surface area contributed by atoms with E-state index in [4.69, 9.17) is 26.8 Å². The molecule has 2 N–H and O–H groups in total. The summed E-state index contributed by atoms with van der Waals surface area (Å²) in [6, 6.07) is 3.74. The molecule has 1 rings (SSSR count). The maximum absolute atomic E-state index is 6.17. The number of hydrogen-bond acceptors (Lipinski definition) is 3. The van der Waals surface area contributed by atoms with Gasteiger partial charge < -0.3 is 15.2 Å². The average molecular weight is 258 g/mol. The van der Waals surface area contributed by atoms with Gasteiger partial charge in [-0.25, -0.2) is 0 Å². The van der Waals surface area contributed by atoms with E-state index in [1.54, 1.807) is 13.2 Å². The first-order valence-corrected chi connectivity index (χ1v) is 6.10. The highest BCUT2D eigenvalue weighted by Crippen LogP contribution is 2.34. The molecule has 0 aliphatic carbocycles. The predicted molar refractivity (Wildman–Crippen MR) is 71.1 cm³/mol. The number of nitrogens with two attached hydrogens (primary N) is 1. The second kappa shape index (κ2) is 6.12. The van der Waals surface area contributed by atoms with E-state index in [-0.39, 0.29) is 12.1 Å². The van der Waals surface area contributed by atoms with Crippen LogP contribution < -0.4 is 15.2 Å². The fourth-order valence-electron chi connectivity index (χ4n) is 1.59. The molecular formula is C13H20ClNO2. The van der Waals surface area contributed by atoms with Crippen molar-refractivity contribution >= 4 is 11.6 Å². The lowest BCUT2D eigenvalue weighted by molar-refractivity contribution is 0.230. The fraction of sp³-hybridized carbons (Fsp3) is 0.538. The van der Waals surface area contributed by atoms with E-state index in [0.717, 1.165) is 12.0 Å². The van der Waals surface area contributed by atoms with Gasteiger partial charge in [-0.2, -0.15) is 0 Å². The van der Waals surface area contributed by atoms with Gasteiger partial charge in [-0.3, -0.25) is 0 Å². The number of rotatable bonds is 5. The molecule has 3 nitrogen and oxygen atoms in total. The summed E-state index contributed by atoms with van der Waals surface area (Å²) < 4.78 is 10.9. The minimum Gasteiger partial charge on any atom is -0.493 e. The van der Waals surface area contributed by atoms with Crippen LogP contribution >= 0.6 is 11.6 Å². The highest BCUT2D eigenvalue weighted by atomic mass is 35.5. The minimum atomic E-state index is 0.0628. The summed E-state index contributed by atoms with van der Waals surface area (Å²) in [6.45, 7) is 5.89. The second-order valence-corrected chi connectivity index (χ2v) is 4.85. The van der Waals surface area contributed by atoms with Crippen molar-refractivity contribution in [2.75, 3.05) is 7.11 Å². The molecule has 1 atom stereocenters. The van der Waals surface area contributed by atoms with Crippen molar-refractivity contribution < 1.29 is 9.47 Å². The van der Waals surface area contributed by atoms with Gasteiger partial charge in [0.05, 0.1) is 13.2 Å². The molecule has 96 valence electrons. The topological polar surface area (TPSA) is 44.5 Å². The summed E-state index contributed by atoms with van der Waals surface area (Å²) in [7, 11) is 1.60. The molecule has 0 heterocycles. The summed E-state index contributed by atoms with van der Waals surface area (Å²) in [5, 5.41) is 0.662. The number of ether oxygens (including phenoxy) is 2. The summed E-state index contributed by atoms with van der Waals surface area (Å²) in [5.74, 6) is 1.36. The zero-order valence-electron chi connectivity index (χ0n) is 10.8. The van der Waals surface area contributed by atoms with Gasteiger partial charge in [0, 0.05) is 17.1 Å². The Morgan fingerprint density at radius 1 is 1.24 bits per heavy atom. The van der Waals surface area contributed by atoms with Crippen molar-refractivity contribution in [2.45, 2.75) is 39.3 Å². The molecule has 4 heteroatoms. The molecule has 17 heavy (non-hydrogen) atoms. The standard InChI is InChI=1S/C13H20ClNO2/c1-8(2)17-13-6-10(5-9(3)15)11(14)7-12(13)16-4/h6-9H,5,15H2,1-4H3. The van der Waals surface area contributed by atoms with Gasteiger partial charge in [0.15, 0.2) is 11.5 Å². The Bertz CT molecular complexity index is 378. The molecule has 0 aromatic heterocycles. The summed E-state index contributed by atoms with van der Waals surface area (Å²) in [6.07, 6.45) is 0.810. The van der Waals surface area contributed by atoms with Crippen LogP contribution in [0.4, 0.5) is 0 Å². The zero-order valence-corrected chi connectivity index (χ0v) is 11.5. The molecule has 0 amide bonds. The Morgan fingerprint density at radius 2 is 1.88 bits per heavy atom. The van der Waals surface area contributed by atoms with E-state index >= 15 is 0 Å². The van der Waals surface area contributed by atoms with Crippen LogP contribution in [0.25, 0.3) is 0 Å². The summed E-state index contributed by atoms with van der Waals surface area (Å²) in [4.78, 5) is 0. The lowest BCUT2D eigenvalue weighted by Gasteiger charge is -2.16. The second-order valence-electron chi connectivity index (χ2n) is 4.44. The van der Waals surface area contributed by atoms with E-state index in [2.05, 4.69) is 0 Å². The molecular weight excluding hydrogens is 238 g/mol. The Kier molecular flexibility index (Phi) is 5.09. The van der Waals surface area contributed by atoms with Gasteiger partial charge in [-0.1, -0.05) is 11.6 Å². The Labute approximate surface area is 108 Å². The zero-order chi connectivity index (χ0) is 13.0. The molecule has 0 saturated heterocycles. The third-order valence-corrected chi connectivity index (χ3v) is 2.59. The third-order valence-electron chi connectivity index (χ3n) is 2.24. The fourth-order valence-corrected chi connectivity index (χ4v) is 1.82. The number of benzene rings is 1. The molecule has 1 aromatic carbocycles.